The summed E-state index contributed by atoms with van der Waals surface area (Å²) in [4.78, 5) is 6.89. The molecule has 0 fully saturated rings. The van der Waals surface area contributed by atoms with Gasteiger partial charge in [0.2, 0.25) is 0 Å². The lowest BCUT2D eigenvalue weighted by Gasteiger charge is -2.12. The van der Waals surface area contributed by atoms with Crippen LogP contribution in [0.25, 0.3) is 31.8 Å². The summed E-state index contributed by atoms with van der Waals surface area (Å²) in [5.41, 5.74) is 8.81. The minimum absolute atomic E-state index is 0.413. The highest BCUT2D eigenvalue weighted by Gasteiger charge is 2.21. The van der Waals surface area contributed by atoms with Crippen molar-refractivity contribution >= 4 is 38.7 Å². The molecule has 0 unspecified atom stereocenters. The highest BCUT2D eigenvalue weighted by atomic mass is 32.1. The standard InChI is InChI=1S/C20H15N3O2S2/c1-24-13-6-5-11(8-14(13)25-2)12-9-17(22)23-20-18(12)19(16(10-21)27-20)15-4-3-7-26-15/h3-9H,1-2H3,(H2,22,23). The van der Waals surface area contributed by atoms with Crippen LogP contribution in [-0.2, 0) is 0 Å². The molecule has 4 aromatic rings. The molecule has 0 bridgehead atoms. The number of nitrogens with zero attached hydrogens (tertiary/aromatic N) is 2. The number of aromatic nitrogens is 1. The number of fused-ring (bicyclic) bond motifs is 1. The fourth-order valence-electron chi connectivity index (χ4n) is 3.08. The molecule has 0 aliphatic rings. The van der Waals surface area contributed by atoms with Gasteiger partial charge in [-0.1, -0.05) is 12.1 Å². The molecule has 27 heavy (non-hydrogen) atoms. The van der Waals surface area contributed by atoms with Gasteiger partial charge in [0.1, 0.15) is 21.6 Å². The van der Waals surface area contributed by atoms with Gasteiger partial charge >= 0.3 is 0 Å². The summed E-state index contributed by atoms with van der Waals surface area (Å²) in [6, 6.07) is 13.9. The summed E-state index contributed by atoms with van der Waals surface area (Å²) < 4.78 is 10.8. The van der Waals surface area contributed by atoms with E-state index in [4.69, 9.17) is 15.2 Å². The van der Waals surface area contributed by atoms with Crippen LogP contribution >= 0.6 is 22.7 Å². The fraction of sp³-hybridized carbons (Fsp3) is 0.100. The van der Waals surface area contributed by atoms with Gasteiger partial charge in [-0.05, 0) is 40.8 Å². The first-order valence-electron chi connectivity index (χ1n) is 8.05. The van der Waals surface area contributed by atoms with E-state index in [1.807, 2.05) is 41.8 Å². The number of ether oxygens (including phenoxy) is 2. The third-order valence-electron chi connectivity index (χ3n) is 4.25. The van der Waals surface area contributed by atoms with Crippen molar-refractivity contribution in [2.24, 2.45) is 0 Å². The molecule has 0 aliphatic carbocycles. The molecule has 0 radical (unpaired) electrons. The van der Waals surface area contributed by atoms with E-state index in [2.05, 4.69) is 11.1 Å². The Balaban J connectivity index is 2.07. The Bertz CT molecular complexity index is 1170. The highest BCUT2D eigenvalue weighted by molar-refractivity contribution is 7.21. The van der Waals surface area contributed by atoms with Gasteiger partial charge in [0, 0.05) is 15.8 Å². The number of pyridine rings is 1. The lowest BCUT2D eigenvalue weighted by Crippen LogP contribution is -1.94. The zero-order valence-corrected chi connectivity index (χ0v) is 16.3. The van der Waals surface area contributed by atoms with Gasteiger partial charge in [-0.2, -0.15) is 5.26 Å². The number of anilines is 1. The second-order valence-electron chi connectivity index (χ2n) is 5.74. The number of hydrogen-bond acceptors (Lipinski definition) is 7. The second kappa shape index (κ2) is 6.91. The molecular formula is C20H15N3O2S2. The van der Waals surface area contributed by atoms with Crippen LogP contribution in [0.3, 0.4) is 0 Å². The first-order valence-corrected chi connectivity index (χ1v) is 9.75. The normalized spacial score (nSPS) is 10.7. The molecule has 0 spiro atoms. The lowest BCUT2D eigenvalue weighted by molar-refractivity contribution is 0.355. The predicted octanol–water partition coefficient (Wildman–Crippen LogP) is 5.16. The molecule has 0 atom stereocenters. The summed E-state index contributed by atoms with van der Waals surface area (Å²) in [5, 5.41) is 12.6. The Labute approximate surface area is 164 Å². The zero-order valence-electron chi connectivity index (χ0n) is 14.6. The van der Waals surface area contributed by atoms with Crippen LogP contribution in [0.4, 0.5) is 5.82 Å². The number of nitrogen functional groups attached to an aromatic ring is 1. The molecule has 0 amide bonds. The van der Waals surface area contributed by atoms with E-state index >= 15 is 0 Å². The molecule has 0 aliphatic heterocycles. The van der Waals surface area contributed by atoms with E-state index in [1.54, 1.807) is 25.6 Å². The number of benzene rings is 1. The van der Waals surface area contributed by atoms with Crippen LogP contribution in [0.15, 0.2) is 41.8 Å². The van der Waals surface area contributed by atoms with Crippen LogP contribution in [-0.4, -0.2) is 19.2 Å². The van der Waals surface area contributed by atoms with Crippen LogP contribution in [0.2, 0.25) is 0 Å². The van der Waals surface area contributed by atoms with Gasteiger partial charge in [-0.25, -0.2) is 4.98 Å². The Kier molecular flexibility index (Phi) is 4.44. The molecule has 3 aromatic heterocycles. The molecule has 7 heteroatoms. The van der Waals surface area contributed by atoms with E-state index in [1.165, 1.54) is 11.3 Å². The van der Waals surface area contributed by atoms with Crippen molar-refractivity contribution in [1.29, 1.82) is 5.26 Å². The van der Waals surface area contributed by atoms with Crippen molar-refractivity contribution in [3.05, 3.63) is 46.7 Å². The molecule has 3 heterocycles. The largest absolute Gasteiger partial charge is 0.493 e. The van der Waals surface area contributed by atoms with Gasteiger partial charge in [-0.15, -0.1) is 22.7 Å². The molecular weight excluding hydrogens is 378 g/mol. The molecule has 0 saturated carbocycles. The molecule has 134 valence electrons. The number of hydrogen-bond donors (Lipinski definition) is 1. The number of nitrogens with two attached hydrogens (primary N) is 1. The van der Waals surface area contributed by atoms with Crippen molar-refractivity contribution < 1.29 is 9.47 Å². The van der Waals surface area contributed by atoms with E-state index in [9.17, 15) is 5.26 Å². The summed E-state index contributed by atoms with van der Waals surface area (Å²) in [6.07, 6.45) is 0. The van der Waals surface area contributed by atoms with Crippen molar-refractivity contribution in [2.75, 3.05) is 20.0 Å². The molecule has 0 saturated heterocycles. The zero-order chi connectivity index (χ0) is 19.0. The maximum atomic E-state index is 9.67. The first-order chi connectivity index (χ1) is 13.2. The predicted molar refractivity (Wildman–Crippen MR) is 111 cm³/mol. The molecule has 5 nitrogen and oxygen atoms in total. The minimum atomic E-state index is 0.413. The van der Waals surface area contributed by atoms with Crippen molar-refractivity contribution in [2.45, 2.75) is 0 Å². The second-order valence-corrected chi connectivity index (χ2v) is 7.69. The van der Waals surface area contributed by atoms with Crippen LogP contribution in [0, 0.1) is 11.3 Å². The minimum Gasteiger partial charge on any atom is -0.493 e. The topological polar surface area (TPSA) is 81.2 Å². The van der Waals surface area contributed by atoms with E-state index in [-0.39, 0.29) is 0 Å². The Morgan fingerprint density at radius 2 is 1.93 bits per heavy atom. The number of nitriles is 1. The number of rotatable bonds is 4. The summed E-state index contributed by atoms with van der Waals surface area (Å²) in [6.45, 7) is 0. The number of methoxy groups -OCH3 is 2. The van der Waals surface area contributed by atoms with Gasteiger partial charge in [0.25, 0.3) is 0 Å². The average molecular weight is 393 g/mol. The van der Waals surface area contributed by atoms with Gasteiger partial charge in [0.15, 0.2) is 11.5 Å². The quantitative estimate of drug-likeness (QED) is 0.518. The Hall–Kier alpha value is -3.08. The van der Waals surface area contributed by atoms with Gasteiger partial charge in [0.05, 0.1) is 14.2 Å². The highest BCUT2D eigenvalue weighted by Crippen LogP contribution is 2.45. The maximum Gasteiger partial charge on any atom is 0.161 e. The summed E-state index contributed by atoms with van der Waals surface area (Å²) >= 11 is 2.96. The van der Waals surface area contributed by atoms with E-state index in [0.29, 0.717) is 22.2 Å². The van der Waals surface area contributed by atoms with Gasteiger partial charge in [-0.3, -0.25) is 0 Å². The monoisotopic (exact) mass is 393 g/mol. The third kappa shape index (κ3) is 2.89. The van der Waals surface area contributed by atoms with E-state index < -0.39 is 0 Å². The maximum absolute atomic E-state index is 9.67. The summed E-state index contributed by atoms with van der Waals surface area (Å²) in [5.74, 6) is 1.70. The average Bonchev–Trinajstić information content (AvgIpc) is 3.33. The van der Waals surface area contributed by atoms with Crippen LogP contribution < -0.4 is 15.2 Å². The van der Waals surface area contributed by atoms with Gasteiger partial charge < -0.3 is 15.2 Å². The van der Waals surface area contributed by atoms with Crippen LogP contribution in [0.5, 0.6) is 11.5 Å². The van der Waals surface area contributed by atoms with Crippen molar-refractivity contribution in [3.63, 3.8) is 0 Å². The van der Waals surface area contributed by atoms with Crippen LogP contribution in [0.1, 0.15) is 4.88 Å². The third-order valence-corrected chi connectivity index (χ3v) is 6.12. The molecule has 2 N–H and O–H groups in total. The first kappa shape index (κ1) is 17.3. The fourth-order valence-corrected chi connectivity index (χ4v) is 4.95. The Morgan fingerprint density at radius 1 is 1.11 bits per heavy atom. The lowest BCUT2D eigenvalue weighted by atomic mass is 9.99. The summed E-state index contributed by atoms with van der Waals surface area (Å²) in [7, 11) is 3.21. The number of thiophene rings is 2. The Morgan fingerprint density at radius 3 is 2.59 bits per heavy atom. The molecule has 4 rings (SSSR count). The van der Waals surface area contributed by atoms with Crippen molar-refractivity contribution in [3.8, 4) is 39.1 Å². The smallest absolute Gasteiger partial charge is 0.161 e. The van der Waals surface area contributed by atoms with E-state index in [0.717, 1.165) is 31.8 Å². The van der Waals surface area contributed by atoms with Crippen molar-refractivity contribution in [1.82, 2.24) is 4.98 Å². The molecule has 1 aromatic carbocycles. The SMILES string of the molecule is COc1ccc(-c2cc(N)nc3sc(C#N)c(-c4cccs4)c23)cc1OC.